The van der Waals surface area contributed by atoms with E-state index in [0.717, 1.165) is 36.0 Å². The smallest absolute Gasteiger partial charge is 0.244 e. The maximum Gasteiger partial charge on any atom is 0.244 e. The number of methoxy groups -OCH3 is 2. The predicted octanol–water partition coefficient (Wildman–Crippen LogP) is 2.84. The summed E-state index contributed by atoms with van der Waals surface area (Å²) >= 11 is 0. The van der Waals surface area contributed by atoms with Crippen LogP contribution in [0.15, 0.2) is 43.0 Å². The highest BCUT2D eigenvalue weighted by molar-refractivity contribution is 5.87. The van der Waals surface area contributed by atoms with Gasteiger partial charge in [-0.1, -0.05) is 30.8 Å². The van der Waals surface area contributed by atoms with Gasteiger partial charge in [0.15, 0.2) is 0 Å². The van der Waals surface area contributed by atoms with Crippen LogP contribution in [0.3, 0.4) is 0 Å². The van der Waals surface area contributed by atoms with Gasteiger partial charge in [0.05, 0.1) is 25.3 Å². The van der Waals surface area contributed by atoms with Crippen molar-refractivity contribution in [1.29, 1.82) is 0 Å². The maximum absolute atomic E-state index is 11.8. The van der Waals surface area contributed by atoms with Crippen molar-refractivity contribution in [3.63, 3.8) is 0 Å². The molecule has 3 rings (SSSR count). The first kappa shape index (κ1) is 17.0. The van der Waals surface area contributed by atoms with Crippen LogP contribution in [0.1, 0.15) is 24.8 Å². The maximum atomic E-state index is 11.8. The monoisotopic (exact) mass is 339 g/mol. The van der Waals surface area contributed by atoms with E-state index in [2.05, 4.69) is 22.1 Å². The van der Waals surface area contributed by atoms with Gasteiger partial charge >= 0.3 is 0 Å². The third kappa shape index (κ3) is 3.20. The number of ether oxygens (including phenoxy) is 2. The van der Waals surface area contributed by atoms with Crippen LogP contribution < -0.4 is 14.8 Å². The first-order valence-corrected chi connectivity index (χ1v) is 8.13. The molecule has 0 saturated heterocycles. The molecule has 0 bridgehead atoms. The van der Waals surface area contributed by atoms with Crippen molar-refractivity contribution in [2.24, 2.45) is 0 Å². The first-order valence-electron chi connectivity index (χ1n) is 8.13. The second kappa shape index (κ2) is 6.93. The summed E-state index contributed by atoms with van der Waals surface area (Å²) in [5.41, 5.74) is 2.55. The summed E-state index contributed by atoms with van der Waals surface area (Å²) in [6, 6.07) is 9.84. The second-order valence-corrected chi connectivity index (χ2v) is 6.02. The Bertz CT molecular complexity index is 783. The lowest BCUT2D eigenvalue weighted by Crippen LogP contribution is -2.50. The van der Waals surface area contributed by atoms with Crippen LogP contribution in [-0.2, 0) is 10.3 Å². The van der Waals surface area contributed by atoms with E-state index in [4.69, 9.17) is 9.47 Å². The Labute approximate surface area is 146 Å². The summed E-state index contributed by atoms with van der Waals surface area (Å²) in [4.78, 5) is 11.8. The highest BCUT2D eigenvalue weighted by atomic mass is 16.5. The lowest BCUT2D eigenvalue weighted by Gasteiger charge is -2.43. The summed E-state index contributed by atoms with van der Waals surface area (Å²) in [7, 11) is 3.11. The summed E-state index contributed by atoms with van der Waals surface area (Å²) in [5.74, 6) is 0.717. The van der Waals surface area contributed by atoms with Crippen LogP contribution in [0.4, 0.5) is 0 Å². The highest BCUT2D eigenvalue weighted by Gasteiger charge is 2.39. The number of aromatic nitrogens is 2. The zero-order valence-electron chi connectivity index (χ0n) is 14.4. The van der Waals surface area contributed by atoms with Crippen molar-refractivity contribution in [3.05, 3.63) is 48.6 Å². The van der Waals surface area contributed by atoms with Gasteiger partial charge in [-0.05, 0) is 36.5 Å². The zero-order valence-corrected chi connectivity index (χ0v) is 14.4. The first-order chi connectivity index (χ1) is 12.1. The SMILES string of the molecule is C=CC(=O)NC1(c2ccc(-c3cc(OC)nnc3OC)cc2)CCC1. The van der Waals surface area contributed by atoms with E-state index in [0.29, 0.717) is 11.8 Å². The Morgan fingerprint density at radius 2 is 1.92 bits per heavy atom. The number of hydrogen-bond donors (Lipinski definition) is 1. The van der Waals surface area contributed by atoms with Crippen molar-refractivity contribution in [2.75, 3.05) is 14.2 Å². The second-order valence-electron chi connectivity index (χ2n) is 6.02. The minimum absolute atomic E-state index is 0.145. The largest absolute Gasteiger partial charge is 0.480 e. The number of benzene rings is 1. The van der Waals surface area contributed by atoms with Gasteiger partial charge in [0.2, 0.25) is 17.7 Å². The zero-order chi connectivity index (χ0) is 17.9. The van der Waals surface area contributed by atoms with Crippen LogP contribution in [-0.4, -0.2) is 30.3 Å². The topological polar surface area (TPSA) is 73.3 Å². The molecule has 1 aliphatic carbocycles. The molecular formula is C19H21N3O3. The number of rotatable bonds is 6. The molecule has 2 aromatic rings. The molecule has 1 aliphatic rings. The van der Waals surface area contributed by atoms with Crippen molar-refractivity contribution >= 4 is 5.91 Å². The van der Waals surface area contributed by atoms with Gasteiger partial charge in [0, 0.05) is 6.07 Å². The molecule has 1 aromatic carbocycles. The third-order valence-electron chi connectivity index (χ3n) is 4.64. The molecule has 130 valence electrons. The van der Waals surface area contributed by atoms with E-state index in [1.807, 2.05) is 24.3 Å². The average Bonchev–Trinajstić information content (AvgIpc) is 2.64. The van der Waals surface area contributed by atoms with Crippen molar-refractivity contribution in [1.82, 2.24) is 15.5 Å². The number of carbonyl (C=O) groups is 1. The molecule has 6 nitrogen and oxygen atoms in total. The number of nitrogens with zero attached hydrogens (tertiary/aromatic N) is 2. The summed E-state index contributed by atoms with van der Waals surface area (Å²) in [6.07, 6.45) is 4.27. The fourth-order valence-electron chi connectivity index (χ4n) is 3.09. The van der Waals surface area contributed by atoms with E-state index >= 15 is 0 Å². The molecule has 1 heterocycles. The van der Waals surface area contributed by atoms with Crippen LogP contribution in [0.2, 0.25) is 0 Å². The van der Waals surface area contributed by atoms with Gasteiger partial charge in [-0.3, -0.25) is 4.79 Å². The van der Waals surface area contributed by atoms with Crippen molar-refractivity contribution in [3.8, 4) is 22.9 Å². The fraction of sp³-hybridized carbons (Fsp3) is 0.316. The number of amides is 1. The highest BCUT2D eigenvalue weighted by Crippen LogP contribution is 2.42. The van der Waals surface area contributed by atoms with E-state index in [9.17, 15) is 4.79 Å². The van der Waals surface area contributed by atoms with E-state index in [1.54, 1.807) is 20.3 Å². The Hall–Kier alpha value is -2.89. The quantitative estimate of drug-likeness (QED) is 0.819. The number of hydrogen-bond acceptors (Lipinski definition) is 5. The van der Waals surface area contributed by atoms with Gasteiger partial charge in [-0.25, -0.2) is 0 Å². The molecule has 1 saturated carbocycles. The lowest BCUT2D eigenvalue weighted by atomic mass is 9.71. The van der Waals surface area contributed by atoms with Gasteiger partial charge in [0.25, 0.3) is 0 Å². The van der Waals surface area contributed by atoms with Gasteiger partial charge in [0.1, 0.15) is 0 Å². The average molecular weight is 339 g/mol. The van der Waals surface area contributed by atoms with Crippen molar-refractivity contribution < 1.29 is 14.3 Å². The molecule has 6 heteroatoms. The molecule has 0 atom stereocenters. The van der Waals surface area contributed by atoms with Crippen LogP contribution in [0.25, 0.3) is 11.1 Å². The van der Waals surface area contributed by atoms with E-state index in [1.165, 1.54) is 6.08 Å². The molecule has 0 radical (unpaired) electrons. The summed E-state index contributed by atoms with van der Waals surface area (Å²) in [5, 5.41) is 11.0. The molecule has 1 N–H and O–H groups in total. The minimum atomic E-state index is -0.290. The number of carbonyl (C=O) groups excluding carboxylic acids is 1. The summed E-state index contributed by atoms with van der Waals surface area (Å²) < 4.78 is 10.4. The Morgan fingerprint density at radius 3 is 2.44 bits per heavy atom. The fourth-order valence-corrected chi connectivity index (χ4v) is 3.09. The molecule has 1 fully saturated rings. The normalized spacial score (nSPS) is 15.0. The minimum Gasteiger partial charge on any atom is -0.480 e. The van der Waals surface area contributed by atoms with Crippen LogP contribution in [0, 0.1) is 0 Å². The molecule has 0 spiro atoms. The number of nitrogens with one attached hydrogen (secondary N) is 1. The standard InChI is InChI=1S/C19H21N3O3/c1-4-16(23)20-19(10-5-11-19)14-8-6-13(7-9-14)15-12-17(24-2)21-22-18(15)25-3/h4,6-9,12H,1,5,10-11H2,2-3H3,(H,20,23). The van der Waals surface area contributed by atoms with Crippen LogP contribution >= 0.6 is 0 Å². The predicted molar refractivity (Wildman–Crippen MR) is 94.4 cm³/mol. The summed E-state index contributed by atoms with van der Waals surface area (Å²) in [6.45, 7) is 3.54. The van der Waals surface area contributed by atoms with E-state index in [-0.39, 0.29) is 11.4 Å². The van der Waals surface area contributed by atoms with Gasteiger partial charge in [-0.15, -0.1) is 10.2 Å². The molecular weight excluding hydrogens is 318 g/mol. The Morgan fingerprint density at radius 1 is 1.20 bits per heavy atom. The van der Waals surface area contributed by atoms with Gasteiger partial charge in [-0.2, -0.15) is 0 Å². The Kier molecular flexibility index (Phi) is 4.70. The lowest BCUT2D eigenvalue weighted by molar-refractivity contribution is -0.119. The van der Waals surface area contributed by atoms with Crippen molar-refractivity contribution in [2.45, 2.75) is 24.8 Å². The van der Waals surface area contributed by atoms with E-state index < -0.39 is 0 Å². The Balaban J connectivity index is 1.92. The molecule has 0 aliphatic heterocycles. The molecule has 0 unspecified atom stereocenters. The molecule has 1 amide bonds. The molecule has 1 aromatic heterocycles. The van der Waals surface area contributed by atoms with Gasteiger partial charge < -0.3 is 14.8 Å². The third-order valence-corrected chi connectivity index (χ3v) is 4.64. The molecule has 25 heavy (non-hydrogen) atoms. The van der Waals surface area contributed by atoms with Crippen LogP contribution in [0.5, 0.6) is 11.8 Å².